The molecule has 0 amide bonds. The van der Waals surface area contributed by atoms with E-state index in [4.69, 9.17) is 9.97 Å². The fourth-order valence-electron chi connectivity index (χ4n) is 9.23. The molecule has 1 fully saturated rings. The van der Waals surface area contributed by atoms with E-state index >= 15 is 0 Å². The van der Waals surface area contributed by atoms with Gasteiger partial charge in [-0.1, -0.05) is 165 Å². The third kappa shape index (κ3) is 8.66. The number of rotatable bonds is 7. The van der Waals surface area contributed by atoms with Crippen molar-refractivity contribution in [2.45, 2.75) is 57.7 Å². The molecule has 63 heavy (non-hydrogen) atoms. The minimum Gasteiger partial charge on any atom is -0.333 e. The van der Waals surface area contributed by atoms with Crippen LogP contribution in [0.2, 0.25) is 19.6 Å². The zero-order valence-corrected chi connectivity index (χ0v) is 40.2. The Morgan fingerprint density at radius 3 is 2.11 bits per heavy atom. The van der Waals surface area contributed by atoms with Crippen molar-refractivity contribution in [2.24, 2.45) is 0 Å². The van der Waals surface area contributed by atoms with Gasteiger partial charge in [-0.05, 0) is 80.7 Å². The van der Waals surface area contributed by atoms with Crippen LogP contribution in [0, 0.1) is 12.1 Å². The van der Waals surface area contributed by atoms with Gasteiger partial charge >= 0.3 is 0 Å². The Morgan fingerprint density at radius 2 is 1.35 bits per heavy atom. The van der Waals surface area contributed by atoms with Crippen molar-refractivity contribution in [3.8, 4) is 50.6 Å². The Kier molecular flexibility index (Phi) is 12.5. The summed E-state index contributed by atoms with van der Waals surface area (Å²) in [4.78, 5) is 9.99. The molecular weight excluding hydrogens is 979 g/mol. The number of para-hydroxylation sites is 3. The molecule has 3 heterocycles. The quantitative estimate of drug-likeness (QED) is 0.118. The Morgan fingerprint density at radius 1 is 0.635 bits per heavy atom. The molecule has 1 aliphatic rings. The number of pyridine rings is 1. The minimum atomic E-state index is -1.36. The summed E-state index contributed by atoms with van der Waals surface area (Å²) in [5, 5.41) is 4.06. The summed E-state index contributed by atoms with van der Waals surface area (Å²) in [7, 11) is -1.36. The number of benzene rings is 7. The molecule has 0 saturated heterocycles. The average Bonchev–Trinajstić information content (AvgIpc) is 3.91. The van der Waals surface area contributed by atoms with Gasteiger partial charge in [0.25, 0.3) is 0 Å². The number of hydrogen-bond acceptors (Lipinski definition) is 3. The van der Waals surface area contributed by atoms with Gasteiger partial charge in [0, 0.05) is 42.3 Å². The number of hydrogen-bond donors (Lipinski definition) is 0. The van der Waals surface area contributed by atoms with Crippen LogP contribution in [-0.4, -0.2) is 22.6 Å². The van der Waals surface area contributed by atoms with Crippen LogP contribution in [0.25, 0.3) is 81.8 Å². The van der Waals surface area contributed by atoms with Gasteiger partial charge in [-0.15, -0.1) is 54.1 Å². The Labute approximate surface area is 389 Å². The summed E-state index contributed by atoms with van der Waals surface area (Å²) in [6.45, 7) is 7.31. The van der Waals surface area contributed by atoms with Crippen LogP contribution >= 0.6 is 11.3 Å². The van der Waals surface area contributed by atoms with Gasteiger partial charge in [-0.25, -0.2) is 0 Å². The van der Waals surface area contributed by atoms with E-state index in [2.05, 4.69) is 194 Å². The van der Waals surface area contributed by atoms with Gasteiger partial charge in [0.2, 0.25) is 0 Å². The Bertz CT molecular complexity index is 3150. The molecule has 1 aliphatic carbocycles. The van der Waals surface area contributed by atoms with Gasteiger partial charge in [0.15, 0.2) is 0 Å². The molecule has 1 radical (unpaired) electrons. The standard InChI is InChI=1S/C37H23N2S.C20H26NSi.Ir/c1-3-12-25(13-4-1)27-22-23-29-30-17-11-18-31(36(30)40-35(29)24-27)37-38-32-19-8-10-21-34(32)39(37)33-20-9-7-16-28(33)26-14-5-2-6-15-26;1-22(2,3)20-15-21-19(17-12-8-5-9-13-17)14-18(20)16-10-6-4-7-11-16;/h1-17,19-24H;5,8-9,12,14-16H,4,6-7,10-11H2,1-3H3;/q2*-1;. The predicted molar refractivity (Wildman–Crippen MR) is 266 cm³/mol. The largest absolute Gasteiger partial charge is 0.333 e. The number of fused-ring (bicyclic) bond motifs is 4. The van der Waals surface area contributed by atoms with E-state index in [0.29, 0.717) is 0 Å². The fourth-order valence-corrected chi connectivity index (χ4v) is 12.1. The van der Waals surface area contributed by atoms with Crippen LogP contribution in [0.15, 0.2) is 176 Å². The molecule has 11 rings (SSSR count). The minimum absolute atomic E-state index is 0. The van der Waals surface area contributed by atoms with Crippen molar-refractivity contribution in [1.29, 1.82) is 0 Å². The van der Waals surface area contributed by atoms with Gasteiger partial charge in [-0.2, -0.15) is 11.3 Å². The van der Waals surface area contributed by atoms with Gasteiger partial charge in [0.05, 0.1) is 24.9 Å². The number of imidazole rings is 1. The van der Waals surface area contributed by atoms with Crippen molar-refractivity contribution in [1.82, 2.24) is 14.5 Å². The second-order valence-electron chi connectivity index (χ2n) is 17.4. The summed E-state index contributed by atoms with van der Waals surface area (Å²) in [5.41, 5.74) is 12.8. The summed E-state index contributed by atoms with van der Waals surface area (Å²) in [6, 6.07) is 66.6. The number of aromatic nitrogens is 3. The maximum absolute atomic E-state index is 5.22. The first kappa shape index (κ1) is 42.5. The topological polar surface area (TPSA) is 30.7 Å². The number of nitrogens with zero attached hydrogens (tertiary/aromatic N) is 3. The average molecular weight is 1030 g/mol. The van der Waals surface area contributed by atoms with E-state index in [0.717, 1.165) is 45.3 Å². The molecular formula is C57H49IrN3SSi-2. The summed E-state index contributed by atoms with van der Waals surface area (Å²) < 4.78 is 4.78. The molecule has 0 atom stereocenters. The first-order valence-corrected chi connectivity index (χ1v) is 26.2. The smallest absolute Gasteiger partial charge is 0.0799 e. The normalized spacial score (nSPS) is 13.1. The van der Waals surface area contributed by atoms with Crippen LogP contribution in [0.5, 0.6) is 0 Å². The molecule has 1 saturated carbocycles. The molecule has 3 nitrogen and oxygen atoms in total. The molecule has 0 N–H and O–H groups in total. The van der Waals surface area contributed by atoms with Crippen molar-refractivity contribution in [3.05, 3.63) is 194 Å². The Hall–Kier alpha value is -5.75. The third-order valence-electron chi connectivity index (χ3n) is 12.3. The van der Waals surface area contributed by atoms with Gasteiger partial charge in [0.1, 0.15) is 0 Å². The summed E-state index contributed by atoms with van der Waals surface area (Å²) in [6.07, 6.45) is 9.03. The maximum Gasteiger partial charge on any atom is 0.0799 e. The molecule has 0 spiro atoms. The number of thiophene rings is 1. The first-order chi connectivity index (χ1) is 30.4. The second-order valence-corrected chi connectivity index (χ2v) is 23.5. The first-order valence-electron chi connectivity index (χ1n) is 21.9. The van der Waals surface area contributed by atoms with E-state index in [9.17, 15) is 0 Å². The van der Waals surface area contributed by atoms with Gasteiger partial charge < -0.3 is 9.55 Å². The molecule has 10 aromatic rings. The summed E-state index contributed by atoms with van der Waals surface area (Å²) >= 11 is 1.82. The summed E-state index contributed by atoms with van der Waals surface area (Å²) in [5.74, 6) is 1.64. The third-order valence-corrected chi connectivity index (χ3v) is 15.5. The predicted octanol–water partition coefficient (Wildman–Crippen LogP) is 15.3. The van der Waals surface area contributed by atoms with E-state index < -0.39 is 8.07 Å². The maximum atomic E-state index is 5.22. The molecule has 313 valence electrons. The molecule has 7 aromatic carbocycles. The van der Waals surface area contributed by atoms with Crippen molar-refractivity contribution in [2.75, 3.05) is 0 Å². The van der Waals surface area contributed by atoms with Crippen LogP contribution < -0.4 is 5.19 Å². The zero-order chi connectivity index (χ0) is 42.0. The van der Waals surface area contributed by atoms with Crippen LogP contribution in [0.4, 0.5) is 0 Å². The van der Waals surface area contributed by atoms with Crippen LogP contribution in [0.1, 0.15) is 43.6 Å². The Balaban J connectivity index is 0.000000187. The SMILES string of the molecule is C[Si](C)(C)c1cnc(-c2[c-]cccc2)cc1C1CCCCC1.[Ir].[c-]1ccc2c(sc3cc(-c4ccccc4)ccc32)c1-c1nc2ccccc2n1-c1ccccc1-c1ccccc1. The monoisotopic (exact) mass is 1030 g/mol. The van der Waals surface area contributed by atoms with E-state index in [-0.39, 0.29) is 20.1 Å². The van der Waals surface area contributed by atoms with Crippen molar-refractivity contribution < 1.29 is 20.1 Å². The van der Waals surface area contributed by atoms with Crippen LogP contribution in [-0.2, 0) is 20.1 Å². The fraction of sp³-hybridized carbons (Fsp3) is 0.158. The van der Waals surface area contributed by atoms with Gasteiger partial charge in [-0.3, -0.25) is 4.98 Å². The van der Waals surface area contributed by atoms with E-state index in [1.54, 1.807) is 10.8 Å². The van der Waals surface area contributed by atoms with Crippen LogP contribution in [0.3, 0.4) is 0 Å². The van der Waals surface area contributed by atoms with E-state index in [1.807, 2.05) is 29.5 Å². The van der Waals surface area contributed by atoms with E-state index in [1.165, 1.54) is 74.5 Å². The molecule has 0 aliphatic heterocycles. The van der Waals surface area contributed by atoms with Crippen molar-refractivity contribution >= 4 is 55.8 Å². The molecule has 3 aromatic heterocycles. The molecule has 6 heteroatoms. The second kappa shape index (κ2) is 18.5. The molecule has 0 unspecified atom stereocenters. The zero-order valence-electron chi connectivity index (χ0n) is 35.9. The molecule has 0 bridgehead atoms. The van der Waals surface area contributed by atoms with Crippen molar-refractivity contribution in [3.63, 3.8) is 0 Å².